The van der Waals surface area contributed by atoms with Gasteiger partial charge in [-0.2, -0.15) is 0 Å². The Kier molecular flexibility index (Phi) is 2.60. The van der Waals surface area contributed by atoms with Crippen molar-refractivity contribution in [3.8, 4) is 0 Å². The van der Waals surface area contributed by atoms with Crippen molar-refractivity contribution in [2.24, 2.45) is 0 Å². The van der Waals surface area contributed by atoms with E-state index < -0.39 is 0 Å². The molecule has 0 aromatic carbocycles. The fraction of sp³-hybridized carbons (Fsp3) is 0.250. The van der Waals surface area contributed by atoms with Crippen molar-refractivity contribution in [2.45, 2.75) is 13.3 Å². The Hall–Kier alpha value is -0.890. The second-order valence-corrected chi connectivity index (χ2v) is 2.54. The van der Waals surface area contributed by atoms with Gasteiger partial charge in [-0.05, 0) is 6.07 Å². The van der Waals surface area contributed by atoms with Gasteiger partial charge in [0.05, 0.1) is 5.02 Å². The number of ketones is 1. The minimum Gasteiger partial charge on any atom is -0.294 e. The summed E-state index contributed by atoms with van der Waals surface area (Å²) in [5, 5.41) is 0.430. The molecule has 0 fully saturated rings. The molecule has 0 atom stereocenters. The van der Waals surface area contributed by atoms with Crippen molar-refractivity contribution in [1.82, 2.24) is 4.98 Å². The smallest absolute Gasteiger partial charge is 0.164 e. The van der Waals surface area contributed by atoms with Crippen LogP contribution in [0, 0.1) is 0 Å². The van der Waals surface area contributed by atoms with Crippen molar-refractivity contribution in [3.05, 3.63) is 29.0 Å². The Morgan fingerprint density at radius 1 is 1.73 bits per heavy atom. The van der Waals surface area contributed by atoms with Crippen LogP contribution in [0.4, 0.5) is 0 Å². The van der Waals surface area contributed by atoms with Crippen molar-refractivity contribution in [3.63, 3.8) is 0 Å². The second-order valence-electron chi connectivity index (χ2n) is 2.13. The van der Waals surface area contributed by atoms with Gasteiger partial charge in [-0.1, -0.05) is 18.5 Å². The Labute approximate surface area is 70.2 Å². The number of nitrogens with zero attached hydrogens (tertiary/aromatic N) is 1. The molecule has 0 radical (unpaired) electrons. The predicted octanol–water partition coefficient (Wildman–Crippen LogP) is 2.33. The van der Waals surface area contributed by atoms with Gasteiger partial charge >= 0.3 is 0 Å². The van der Waals surface area contributed by atoms with Crippen LogP contribution in [0.2, 0.25) is 5.02 Å². The standard InChI is InChI=1S/C8H8ClNO/c1-2-8(11)6-3-4-10-5-7(6)9/h3-5H,2H2,1H3. The maximum atomic E-state index is 11.1. The number of halogens is 1. The normalized spacial score (nSPS) is 9.64. The first-order chi connectivity index (χ1) is 5.25. The average Bonchev–Trinajstić information content (AvgIpc) is 2.04. The zero-order chi connectivity index (χ0) is 8.27. The van der Waals surface area contributed by atoms with Gasteiger partial charge in [-0.3, -0.25) is 9.78 Å². The van der Waals surface area contributed by atoms with Crippen LogP contribution in [-0.2, 0) is 0 Å². The quantitative estimate of drug-likeness (QED) is 0.636. The van der Waals surface area contributed by atoms with E-state index in [4.69, 9.17) is 11.6 Å². The van der Waals surface area contributed by atoms with Crippen LogP contribution >= 0.6 is 11.6 Å². The van der Waals surface area contributed by atoms with Gasteiger partial charge in [0.2, 0.25) is 0 Å². The van der Waals surface area contributed by atoms with Gasteiger partial charge < -0.3 is 0 Å². The van der Waals surface area contributed by atoms with E-state index in [2.05, 4.69) is 4.98 Å². The molecule has 11 heavy (non-hydrogen) atoms. The third kappa shape index (κ3) is 1.77. The fourth-order valence-electron chi connectivity index (χ4n) is 0.792. The van der Waals surface area contributed by atoms with Crippen LogP contribution in [0.5, 0.6) is 0 Å². The number of Topliss-reactive ketones (excluding diaryl/α,β-unsaturated/α-hetero) is 1. The highest BCUT2D eigenvalue weighted by Crippen LogP contribution is 2.14. The van der Waals surface area contributed by atoms with Crippen LogP contribution in [0.1, 0.15) is 23.7 Å². The zero-order valence-corrected chi connectivity index (χ0v) is 6.93. The Bertz CT molecular complexity index is 273. The maximum absolute atomic E-state index is 11.1. The van der Waals surface area contributed by atoms with Crippen LogP contribution in [-0.4, -0.2) is 10.8 Å². The first-order valence-corrected chi connectivity index (χ1v) is 3.76. The highest BCUT2D eigenvalue weighted by molar-refractivity contribution is 6.33. The third-order valence-corrected chi connectivity index (χ3v) is 1.70. The van der Waals surface area contributed by atoms with Crippen molar-refractivity contribution in [2.75, 3.05) is 0 Å². The van der Waals surface area contributed by atoms with E-state index in [9.17, 15) is 4.79 Å². The summed E-state index contributed by atoms with van der Waals surface area (Å²) in [5.74, 6) is 0.0531. The van der Waals surface area contributed by atoms with Crippen molar-refractivity contribution < 1.29 is 4.79 Å². The summed E-state index contributed by atoms with van der Waals surface area (Å²) in [6.07, 6.45) is 3.52. The monoisotopic (exact) mass is 169 g/mol. The van der Waals surface area contributed by atoms with Gasteiger partial charge in [0.25, 0.3) is 0 Å². The summed E-state index contributed by atoms with van der Waals surface area (Å²) in [6, 6.07) is 1.63. The van der Waals surface area contributed by atoms with Gasteiger partial charge in [0.1, 0.15) is 0 Å². The number of pyridine rings is 1. The molecule has 0 saturated heterocycles. The molecule has 0 spiro atoms. The zero-order valence-electron chi connectivity index (χ0n) is 6.17. The third-order valence-electron chi connectivity index (χ3n) is 1.39. The first-order valence-electron chi connectivity index (χ1n) is 3.38. The van der Waals surface area contributed by atoms with Crippen LogP contribution < -0.4 is 0 Å². The molecular weight excluding hydrogens is 162 g/mol. The number of rotatable bonds is 2. The molecule has 3 heteroatoms. The van der Waals surface area contributed by atoms with E-state index in [1.54, 1.807) is 19.2 Å². The van der Waals surface area contributed by atoms with Gasteiger partial charge in [0, 0.05) is 24.4 Å². The molecule has 0 unspecified atom stereocenters. The summed E-state index contributed by atoms with van der Waals surface area (Å²) in [5.41, 5.74) is 0.559. The molecule has 0 aliphatic carbocycles. The molecule has 0 aliphatic rings. The minimum atomic E-state index is 0.0531. The predicted molar refractivity (Wildman–Crippen MR) is 43.9 cm³/mol. The molecule has 0 N–H and O–H groups in total. The first kappa shape index (κ1) is 8.21. The van der Waals surface area contributed by atoms with E-state index in [-0.39, 0.29) is 5.78 Å². The molecule has 1 rings (SSSR count). The lowest BCUT2D eigenvalue weighted by molar-refractivity contribution is 0.0988. The lowest BCUT2D eigenvalue weighted by Gasteiger charge is -1.97. The maximum Gasteiger partial charge on any atom is 0.164 e. The summed E-state index contributed by atoms with van der Waals surface area (Å²) >= 11 is 5.71. The van der Waals surface area contributed by atoms with Gasteiger partial charge in [0.15, 0.2) is 5.78 Å². The Morgan fingerprint density at radius 2 is 2.45 bits per heavy atom. The summed E-state index contributed by atoms with van der Waals surface area (Å²) < 4.78 is 0. The summed E-state index contributed by atoms with van der Waals surface area (Å²) in [6.45, 7) is 1.80. The van der Waals surface area contributed by atoms with E-state index in [0.29, 0.717) is 17.0 Å². The Morgan fingerprint density at radius 3 is 3.00 bits per heavy atom. The fourth-order valence-corrected chi connectivity index (χ4v) is 1.02. The molecule has 1 heterocycles. The number of hydrogen-bond donors (Lipinski definition) is 0. The van der Waals surface area contributed by atoms with E-state index >= 15 is 0 Å². The number of carbonyl (C=O) groups excluding carboxylic acids is 1. The van der Waals surface area contributed by atoms with E-state index in [1.165, 1.54) is 6.20 Å². The lowest BCUT2D eigenvalue weighted by atomic mass is 10.1. The summed E-state index contributed by atoms with van der Waals surface area (Å²) in [4.78, 5) is 14.9. The molecule has 2 nitrogen and oxygen atoms in total. The number of hydrogen-bond acceptors (Lipinski definition) is 2. The molecule has 0 amide bonds. The molecule has 1 aromatic rings. The molecule has 1 aromatic heterocycles. The molecular formula is C8H8ClNO. The topological polar surface area (TPSA) is 30.0 Å². The highest BCUT2D eigenvalue weighted by Gasteiger charge is 2.06. The minimum absolute atomic E-state index is 0.0531. The number of carbonyl (C=O) groups is 1. The van der Waals surface area contributed by atoms with E-state index in [0.717, 1.165) is 0 Å². The van der Waals surface area contributed by atoms with Crippen molar-refractivity contribution in [1.29, 1.82) is 0 Å². The average molecular weight is 170 g/mol. The van der Waals surface area contributed by atoms with Crippen LogP contribution in [0.15, 0.2) is 18.5 Å². The molecule has 0 bridgehead atoms. The Balaban J connectivity index is 3.03. The second kappa shape index (κ2) is 3.49. The van der Waals surface area contributed by atoms with E-state index in [1.807, 2.05) is 0 Å². The largest absolute Gasteiger partial charge is 0.294 e. The number of aromatic nitrogens is 1. The van der Waals surface area contributed by atoms with Crippen LogP contribution in [0.25, 0.3) is 0 Å². The van der Waals surface area contributed by atoms with Gasteiger partial charge in [-0.25, -0.2) is 0 Å². The van der Waals surface area contributed by atoms with Crippen molar-refractivity contribution >= 4 is 17.4 Å². The van der Waals surface area contributed by atoms with Gasteiger partial charge in [-0.15, -0.1) is 0 Å². The lowest BCUT2D eigenvalue weighted by Crippen LogP contribution is -1.97. The molecule has 58 valence electrons. The SMILES string of the molecule is CCC(=O)c1ccncc1Cl. The highest BCUT2D eigenvalue weighted by atomic mass is 35.5. The molecule has 0 aliphatic heterocycles. The molecule has 0 saturated carbocycles. The summed E-state index contributed by atoms with van der Waals surface area (Å²) in [7, 11) is 0. The van der Waals surface area contributed by atoms with Crippen LogP contribution in [0.3, 0.4) is 0 Å².